The quantitative estimate of drug-likeness (QED) is 0.780. The molecule has 1 aromatic heterocycles. The van der Waals surface area contributed by atoms with E-state index in [0.717, 1.165) is 25.1 Å². The van der Waals surface area contributed by atoms with Gasteiger partial charge in [0, 0.05) is 24.8 Å². The second-order valence-corrected chi connectivity index (χ2v) is 6.34. The summed E-state index contributed by atoms with van der Waals surface area (Å²) in [6.07, 6.45) is 7.44. The van der Waals surface area contributed by atoms with E-state index >= 15 is 0 Å². The van der Waals surface area contributed by atoms with Crippen molar-refractivity contribution in [2.24, 2.45) is 11.8 Å². The van der Waals surface area contributed by atoms with Gasteiger partial charge in [-0.3, -0.25) is 14.7 Å². The number of carbonyl (C=O) groups is 1. The van der Waals surface area contributed by atoms with Gasteiger partial charge in [0.2, 0.25) is 0 Å². The lowest BCUT2D eigenvalue weighted by molar-refractivity contribution is -0.153. The first-order valence-electron chi connectivity index (χ1n) is 7.73. The Labute approximate surface area is 124 Å². The van der Waals surface area contributed by atoms with Crippen LogP contribution in [0.5, 0.6) is 0 Å². The molecular weight excluding hydrogens is 264 g/mol. The average Bonchev–Trinajstić information content (AvgIpc) is 2.83. The number of pyridine rings is 1. The van der Waals surface area contributed by atoms with E-state index in [1.165, 1.54) is 19.1 Å². The molecule has 4 fully saturated rings. The Balaban J connectivity index is 1.69. The highest BCUT2D eigenvalue weighted by Gasteiger charge is 2.55. The van der Waals surface area contributed by atoms with Crippen LogP contribution in [0, 0.1) is 11.8 Å². The predicted octanol–water partition coefficient (Wildman–Crippen LogP) is 2.12. The summed E-state index contributed by atoms with van der Waals surface area (Å²) in [5, 5.41) is 0. The van der Waals surface area contributed by atoms with Crippen LogP contribution in [0.3, 0.4) is 0 Å². The van der Waals surface area contributed by atoms with E-state index in [-0.39, 0.29) is 11.9 Å². The molecule has 4 aliphatic heterocycles. The minimum Gasteiger partial charge on any atom is -0.469 e. The fraction of sp³-hybridized carbons (Fsp3) is 0.529. The Hall–Kier alpha value is -1.68. The van der Waals surface area contributed by atoms with E-state index in [4.69, 9.17) is 4.74 Å². The smallest absolute Gasteiger partial charge is 0.310 e. The largest absolute Gasteiger partial charge is 0.469 e. The maximum atomic E-state index is 12.3. The Bertz CT molecular complexity index is 584. The number of piperidine rings is 3. The van der Waals surface area contributed by atoms with E-state index in [1.54, 1.807) is 0 Å². The Morgan fingerprint density at radius 2 is 2.33 bits per heavy atom. The molecule has 4 saturated heterocycles. The Morgan fingerprint density at radius 3 is 3.10 bits per heavy atom. The second kappa shape index (κ2) is 4.95. The standard InChI is InChI=1S/C17H20N2O2/c1-21-17(20)16-14-9-13-5-6-15(16)19(13)10-11(14)8-12-4-2-3-7-18-12/h2-4,7-8,13-16H,5-6,9-10H2,1H3. The highest BCUT2D eigenvalue weighted by atomic mass is 16.5. The van der Waals surface area contributed by atoms with Crippen LogP contribution < -0.4 is 0 Å². The maximum Gasteiger partial charge on any atom is 0.310 e. The number of methoxy groups -OCH3 is 1. The molecule has 0 radical (unpaired) electrons. The summed E-state index contributed by atoms with van der Waals surface area (Å²) in [6, 6.07) is 7.01. The van der Waals surface area contributed by atoms with Crippen molar-refractivity contribution < 1.29 is 9.53 Å². The molecule has 5 heterocycles. The summed E-state index contributed by atoms with van der Waals surface area (Å²) in [4.78, 5) is 19.2. The molecule has 1 aromatic rings. The van der Waals surface area contributed by atoms with Gasteiger partial charge in [0.15, 0.2) is 0 Å². The van der Waals surface area contributed by atoms with E-state index in [1.807, 2.05) is 24.4 Å². The molecule has 0 amide bonds. The number of carbonyl (C=O) groups excluding carboxylic acids is 1. The van der Waals surface area contributed by atoms with Crippen molar-refractivity contribution in [2.75, 3.05) is 13.7 Å². The molecule has 110 valence electrons. The molecule has 4 nitrogen and oxygen atoms in total. The number of aromatic nitrogens is 1. The second-order valence-electron chi connectivity index (χ2n) is 6.34. The highest BCUT2D eigenvalue weighted by molar-refractivity contribution is 5.75. The number of hydrogen-bond acceptors (Lipinski definition) is 4. The molecule has 4 heteroatoms. The lowest BCUT2D eigenvalue weighted by Gasteiger charge is -2.50. The van der Waals surface area contributed by atoms with Crippen molar-refractivity contribution in [1.82, 2.24) is 9.88 Å². The molecular formula is C17H20N2O2. The van der Waals surface area contributed by atoms with Gasteiger partial charge < -0.3 is 4.74 Å². The van der Waals surface area contributed by atoms with Crippen LogP contribution in [0.2, 0.25) is 0 Å². The Kier molecular flexibility index (Phi) is 3.07. The summed E-state index contributed by atoms with van der Waals surface area (Å²) in [5.74, 6) is 0.307. The van der Waals surface area contributed by atoms with Crippen LogP contribution in [0.15, 0.2) is 30.0 Å². The van der Waals surface area contributed by atoms with Crippen molar-refractivity contribution in [3.05, 3.63) is 35.7 Å². The molecule has 5 atom stereocenters. The molecule has 21 heavy (non-hydrogen) atoms. The van der Waals surface area contributed by atoms with Gasteiger partial charge in [-0.25, -0.2) is 0 Å². The third-order valence-corrected chi connectivity index (χ3v) is 5.40. The van der Waals surface area contributed by atoms with Gasteiger partial charge in [-0.05, 0) is 49.0 Å². The van der Waals surface area contributed by atoms with Crippen molar-refractivity contribution in [3.63, 3.8) is 0 Å². The van der Waals surface area contributed by atoms with Crippen LogP contribution in [0.25, 0.3) is 6.08 Å². The van der Waals surface area contributed by atoms with E-state index in [0.29, 0.717) is 18.0 Å². The van der Waals surface area contributed by atoms with Gasteiger partial charge >= 0.3 is 5.97 Å². The zero-order valence-corrected chi connectivity index (χ0v) is 12.2. The minimum absolute atomic E-state index is 0.0115. The zero-order valence-electron chi connectivity index (χ0n) is 12.2. The molecule has 0 aromatic carbocycles. The lowest BCUT2D eigenvalue weighted by Crippen LogP contribution is -2.58. The third-order valence-electron chi connectivity index (χ3n) is 5.40. The van der Waals surface area contributed by atoms with E-state index < -0.39 is 0 Å². The van der Waals surface area contributed by atoms with Crippen LogP contribution in [-0.2, 0) is 9.53 Å². The number of nitrogens with zero attached hydrogens (tertiary/aromatic N) is 2. The van der Waals surface area contributed by atoms with Crippen molar-refractivity contribution in [3.8, 4) is 0 Å². The van der Waals surface area contributed by atoms with Gasteiger partial charge in [0.05, 0.1) is 18.7 Å². The molecule has 0 N–H and O–H groups in total. The molecule has 0 saturated carbocycles. The fourth-order valence-electron chi connectivity index (χ4n) is 4.53. The maximum absolute atomic E-state index is 12.3. The van der Waals surface area contributed by atoms with Crippen LogP contribution >= 0.6 is 0 Å². The average molecular weight is 284 g/mol. The summed E-state index contributed by atoms with van der Waals surface area (Å²) < 4.78 is 5.08. The molecule has 4 bridgehead atoms. The summed E-state index contributed by atoms with van der Waals surface area (Å²) in [6.45, 7) is 0.990. The predicted molar refractivity (Wildman–Crippen MR) is 79.3 cm³/mol. The topological polar surface area (TPSA) is 42.4 Å². The van der Waals surface area contributed by atoms with Crippen molar-refractivity contribution in [1.29, 1.82) is 0 Å². The lowest BCUT2D eigenvalue weighted by atomic mass is 9.71. The third kappa shape index (κ3) is 2.01. The van der Waals surface area contributed by atoms with E-state index in [9.17, 15) is 4.79 Å². The molecule has 5 unspecified atom stereocenters. The van der Waals surface area contributed by atoms with Crippen LogP contribution in [0.1, 0.15) is 25.0 Å². The highest BCUT2D eigenvalue weighted by Crippen LogP contribution is 2.50. The summed E-state index contributed by atoms with van der Waals surface area (Å²) in [5.41, 5.74) is 2.33. The number of ether oxygens (including phenoxy) is 1. The SMILES string of the molecule is COC(=O)C1C2CC3CCC1N3CC2=Cc1ccccn1. The fourth-order valence-corrected chi connectivity index (χ4v) is 4.53. The van der Waals surface area contributed by atoms with E-state index in [2.05, 4.69) is 16.0 Å². The first-order chi connectivity index (χ1) is 10.3. The number of hydrogen-bond donors (Lipinski definition) is 0. The monoisotopic (exact) mass is 284 g/mol. The normalized spacial score (nSPS) is 38.7. The van der Waals surface area contributed by atoms with Gasteiger partial charge in [0.25, 0.3) is 0 Å². The Morgan fingerprint density at radius 1 is 1.43 bits per heavy atom. The molecule has 4 aliphatic rings. The zero-order chi connectivity index (χ0) is 14.4. The first-order valence-corrected chi connectivity index (χ1v) is 7.73. The first kappa shape index (κ1) is 13.0. The number of fused-ring (bicyclic) bond motifs is 1. The van der Waals surface area contributed by atoms with Gasteiger partial charge in [-0.1, -0.05) is 6.07 Å². The summed E-state index contributed by atoms with van der Waals surface area (Å²) in [7, 11) is 1.51. The number of esters is 1. The van der Waals surface area contributed by atoms with Crippen LogP contribution in [-0.4, -0.2) is 41.6 Å². The minimum atomic E-state index is -0.0398. The molecule has 0 spiro atoms. The van der Waals surface area contributed by atoms with Gasteiger partial charge in [0.1, 0.15) is 0 Å². The number of rotatable bonds is 2. The summed E-state index contributed by atoms with van der Waals surface area (Å²) >= 11 is 0. The van der Waals surface area contributed by atoms with Crippen molar-refractivity contribution in [2.45, 2.75) is 31.3 Å². The van der Waals surface area contributed by atoms with Crippen molar-refractivity contribution >= 4 is 12.0 Å². The van der Waals surface area contributed by atoms with Gasteiger partial charge in [-0.15, -0.1) is 0 Å². The molecule has 5 rings (SSSR count). The molecule has 0 aliphatic carbocycles. The van der Waals surface area contributed by atoms with Gasteiger partial charge in [-0.2, -0.15) is 0 Å². The van der Waals surface area contributed by atoms with Crippen LogP contribution in [0.4, 0.5) is 0 Å².